The van der Waals surface area contributed by atoms with Crippen molar-refractivity contribution in [3.05, 3.63) is 12.2 Å². The van der Waals surface area contributed by atoms with E-state index in [2.05, 4.69) is 19.1 Å². The molecule has 0 aromatic heterocycles. The molecule has 0 amide bonds. The van der Waals surface area contributed by atoms with E-state index in [-0.39, 0.29) is 24.7 Å². The molecule has 0 aliphatic heterocycles. The number of hydrogen-bond acceptors (Lipinski definition) is 5. The zero-order valence-electron chi connectivity index (χ0n) is 21.3. The van der Waals surface area contributed by atoms with Crippen molar-refractivity contribution < 1.29 is 18.9 Å². The highest BCUT2D eigenvalue weighted by atomic mass is 16.7. The predicted molar refractivity (Wildman–Crippen MR) is 131 cm³/mol. The van der Waals surface area contributed by atoms with Gasteiger partial charge in [-0.1, -0.05) is 83.3 Å². The third-order valence-electron chi connectivity index (χ3n) is 5.40. The van der Waals surface area contributed by atoms with Crippen molar-refractivity contribution in [2.45, 2.75) is 136 Å². The van der Waals surface area contributed by atoms with E-state index >= 15 is 0 Å². The van der Waals surface area contributed by atoms with Gasteiger partial charge >= 0.3 is 0 Å². The van der Waals surface area contributed by atoms with Crippen LogP contribution in [0.2, 0.25) is 0 Å². The molecule has 186 valence electrons. The molecule has 0 saturated heterocycles. The van der Waals surface area contributed by atoms with Gasteiger partial charge in [0, 0.05) is 13.2 Å². The zero-order chi connectivity index (χ0) is 23.2. The lowest BCUT2D eigenvalue weighted by molar-refractivity contribution is -0.166. The number of hydrogen-bond donors (Lipinski definition) is 1. The standard InChI is InChI=1S/C26H53NO4/c1-6-9-10-11-12-13-14-15-16-17-18-19-20-21-26(31-24(5)29-8-3)25(27)22-30-23(4)28-7-2/h20-21,23-26H,6-19,22,27H2,1-5H3/b21-20+/t23?,24?,25-,26+/m1/s1. The van der Waals surface area contributed by atoms with E-state index < -0.39 is 0 Å². The van der Waals surface area contributed by atoms with Gasteiger partial charge in [0.05, 0.1) is 18.8 Å². The van der Waals surface area contributed by atoms with Gasteiger partial charge in [-0.2, -0.15) is 0 Å². The average molecular weight is 444 g/mol. The lowest BCUT2D eigenvalue weighted by Crippen LogP contribution is -2.42. The van der Waals surface area contributed by atoms with Crippen LogP contribution in [0, 0.1) is 0 Å². The Morgan fingerprint density at radius 3 is 1.74 bits per heavy atom. The van der Waals surface area contributed by atoms with Crippen molar-refractivity contribution in [2.75, 3.05) is 19.8 Å². The second-order valence-corrected chi connectivity index (χ2v) is 8.40. The van der Waals surface area contributed by atoms with Gasteiger partial charge in [0.1, 0.15) is 0 Å². The Morgan fingerprint density at radius 2 is 1.19 bits per heavy atom. The van der Waals surface area contributed by atoms with E-state index in [1.807, 2.05) is 27.7 Å². The SMILES string of the molecule is CCCCCCCCCCCCC/C=C/[C@H](OC(C)OCC)[C@H](N)COC(C)OCC. The molecule has 0 aromatic carbocycles. The average Bonchev–Trinajstić information content (AvgIpc) is 2.74. The monoisotopic (exact) mass is 443 g/mol. The summed E-state index contributed by atoms with van der Waals surface area (Å²) < 4.78 is 22.6. The molecule has 0 saturated carbocycles. The molecule has 31 heavy (non-hydrogen) atoms. The van der Waals surface area contributed by atoms with E-state index in [4.69, 9.17) is 24.7 Å². The maximum atomic E-state index is 6.34. The topological polar surface area (TPSA) is 62.9 Å². The van der Waals surface area contributed by atoms with Gasteiger partial charge in [-0.15, -0.1) is 0 Å². The van der Waals surface area contributed by atoms with Gasteiger partial charge in [-0.05, 0) is 40.5 Å². The number of unbranched alkanes of at least 4 members (excludes halogenated alkanes) is 11. The van der Waals surface area contributed by atoms with Gasteiger partial charge in [0.15, 0.2) is 12.6 Å². The van der Waals surface area contributed by atoms with Crippen LogP contribution in [0.4, 0.5) is 0 Å². The van der Waals surface area contributed by atoms with Crippen LogP contribution in [-0.4, -0.2) is 44.5 Å². The van der Waals surface area contributed by atoms with E-state index in [0.29, 0.717) is 19.8 Å². The van der Waals surface area contributed by atoms with Crippen molar-refractivity contribution in [1.82, 2.24) is 0 Å². The first-order chi connectivity index (χ1) is 15.0. The van der Waals surface area contributed by atoms with Crippen LogP contribution in [0.1, 0.15) is 112 Å². The van der Waals surface area contributed by atoms with Crippen LogP contribution in [0.25, 0.3) is 0 Å². The number of nitrogens with two attached hydrogens (primary N) is 1. The van der Waals surface area contributed by atoms with E-state index in [1.54, 1.807) is 0 Å². The fourth-order valence-electron chi connectivity index (χ4n) is 3.57. The summed E-state index contributed by atoms with van der Waals surface area (Å²) in [6, 6.07) is -0.264. The Hall–Kier alpha value is -0.460. The van der Waals surface area contributed by atoms with Gasteiger partial charge in [0.2, 0.25) is 0 Å². The molecule has 4 atom stereocenters. The van der Waals surface area contributed by atoms with Gasteiger partial charge in [-0.3, -0.25) is 0 Å². The summed E-state index contributed by atoms with van der Waals surface area (Å²) in [6.07, 6.45) is 19.5. The normalized spacial score (nSPS) is 15.9. The summed E-state index contributed by atoms with van der Waals surface area (Å²) in [5.41, 5.74) is 6.34. The Morgan fingerprint density at radius 1 is 0.677 bits per heavy atom. The molecule has 5 nitrogen and oxygen atoms in total. The molecule has 0 radical (unpaired) electrons. The minimum atomic E-state index is -0.294. The molecule has 0 aliphatic rings. The summed E-state index contributed by atoms with van der Waals surface area (Å²) in [7, 11) is 0. The first kappa shape index (κ1) is 30.5. The molecule has 2 unspecified atom stereocenters. The Balaban J connectivity index is 4.07. The molecule has 0 bridgehead atoms. The summed E-state index contributed by atoms with van der Waals surface area (Å²) in [5.74, 6) is 0. The molecule has 5 heteroatoms. The van der Waals surface area contributed by atoms with Crippen molar-refractivity contribution >= 4 is 0 Å². The van der Waals surface area contributed by atoms with E-state index in [9.17, 15) is 0 Å². The molecule has 0 rings (SSSR count). The largest absolute Gasteiger partial charge is 0.353 e. The highest BCUT2D eigenvalue weighted by Gasteiger charge is 2.20. The summed E-state index contributed by atoms with van der Waals surface area (Å²) in [5, 5.41) is 0. The predicted octanol–water partition coefficient (Wildman–Crippen LogP) is 6.74. The lowest BCUT2D eigenvalue weighted by Gasteiger charge is -2.26. The first-order valence-corrected chi connectivity index (χ1v) is 13.0. The molecular formula is C26H53NO4. The summed E-state index contributed by atoms with van der Waals surface area (Å²) in [6.45, 7) is 11.6. The zero-order valence-corrected chi connectivity index (χ0v) is 21.3. The summed E-state index contributed by atoms with van der Waals surface area (Å²) in [4.78, 5) is 0. The van der Waals surface area contributed by atoms with Crippen LogP contribution < -0.4 is 5.73 Å². The highest BCUT2D eigenvalue weighted by Crippen LogP contribution is 2.13. The van der Waals surface area contributed by atoms with Crippen LogP contribution in [-0.2, 0) is 18.9 Å². The quantitative estimate of drug-likeness (QED) is 0.108. The molecule has 0 heterocycles. The fourth-order valence-corrected chi connectivity index (χ4v) is 3.57. The number of ether oxygens (including phenoxy) is 4. The van der Waals surface area contributed by atoms with Crippen molar-refractivity contribution in [3.8, 4) is 0 Å². The maximum absolute atomic E-state index is 6.34. The smallest absolute Gasteiger partial charge is 0.155 e. The molecule has 0 fully saturated rings. The van der Waals surface area contributed by atoms with Crippen molar-refractivity contribution in [2.24, 2.45) is 5.73 Å². The third-order valence-corrected chi connectivity index (χ3v) is 5.40. The molecule has 2 N–H and O–H groups in total. The number of rotatable bonds is 23. The van der Waals surface area contributed by atoms with Gasteiger partial charge in [0.25, 0.3) is 0 Å². The lowest BCUT2D eigenvalue weighted by atomic mass is 10.0. The van der Waals surface area contributed by atoms with E-state index in [1.165, 1.54) is 70.6 Å². The molecule has 0 aliphatic carbocycles. The molecule has 0 aromatic rings. The minimum absolute atomic E-state index is 0.233. The Bertz CT molecular complexity index is 392. The van der Waals surface area contributed by atoms with Gasteiger partial charge < -0.3 is 24.7 Å². The van der Waals surface area contributed by atoms with Crippen molar-refractivity contribution in [3.63, 3.8) is 0 Å². The minimum Gasteiger partial charge on any atom is -0.353 e. The maximum Gasteiger partial charge on any atom is 0.155 e. The van der Waals surface area contributed by atoms with Crippen LogP contribution in [0.3, 0.4) is 0 Å². The Labute approximate surface area is 193 Å². The molecule has 0 spiro atoms. The fraction of sp³-hybridized carbons (Fsp3) is 0.923. The summed E-state index contributed by atoms with van der Waals surface area (Å²) >= 11 is 0. The van der Waals surface area contributed by atoms with E-state index in [0.717, 1.165) is 6.42 Å². The first-order valence-electron chi connectivity index (χ1n) is 13.0. The molecular weight excluding hydrogens is 390 g/mol. The van der Waals surface area contributed by atoms with Crippen LogP contribution in [0.15, 0.2) is 12.2 Å². The highest BCUT2D eigenvalue weighted by molar-refractivity contribution is 4.95. The second kappa shape index (κ2) is 22.7. The Kier molecular flexibility index (Phi) is 22.4. The van der Waals surface area contributed by atoms with Crippen molar-refractivity contribution in [1.29, 1.82) is 0 Å². The second-order valence-electron chi connectivity index (χ2n) is 8.40. The number of allylic oxidation sites excluding steroid dienone is 1. The third kappa shape index (κ3) is 19.9. The van der Waals surface area contributed by atoms with Crippen LogP contribution in [0.5, 0.6) is 0 Å². The van der Waals surface area contributed by atoms with Gasteiger partial charge in [-0.25, -0.2) is 0 Å². The van der Waals surface area contributed by atoms with Crippen LogP contribution >= 0.6 is 0 Å².